The van der Waals surface area contributed by atoms with E-state index >= 15 is 0 Å². The van der Waals surface area contributed by atoms with Crippen molar-refractivity contribution in [2.45, 2.75) is 45.8 Å². The molecule has 4 rings (SSSR count). The van der Waals surface area contributed by atoms with Gasteiger partial charge < -0.3 is 9.32 Å². The van der Waals surface area contributed by atoms with Gasteiger partial charge in [-0.1, -0.05) is 13.0 Å². The minimum absolute atomic E-state index is 0.0653. The molecule has 1 aliphatic heterocycles. The molecule has 0 radical (unpaired) electrons. The fourth-order valence-corrected chi connectivity index (χ4v) is 4.31. The van der Waals surface area contributed by atoms with Crippen molar-refractivity contribution in [2.75, 3.05) is 6.54 Å². The summed E-state index contributed by atoms with van der Waals surface area (Å²) in [6, 6.07) is 5.63. The van der Waals surface area contributed by atoms with Gasteiger partial charge in [-0.25, -0.2) is 9.36 Å². The van der Waals surface area contributed by atoms with Crippen LogP contribution in [-0.2, 0) is 30.8 Å². The zero-order chi connectivity index (χ0) is 22.0. The van der Waals surface area contributed by atoms with Crippen molar-refractivity contribution in [3.63, 3.8) is 0 Å². The number of aromatic nitrogens is 4. The summed E-state index contributed by atoms with van der Waals surface area (Å²) >= 11 is 1.46. The van der Waals surface area contributed by atoms with Gasteiger partial charge in [0.2, 0.25) is 11.8 Å². The van der Waals surface area contributed by atoms with E-state index in [2.05, 4.69) is 10.2 Å². The summed E-state index contributed by atoms with van der Waals surface area (Å²) < 4.78 is 7.94. The monoisotopic (exact) mass is 440 g/mol. The normalized spacial score (nSPS) is 12.5. The molecule has 1 amide bonds. The van der Waals surface area contributed by atoms with Gasteiger partial charge in [-0.3, -0.25) is 14.2 Å². The summed E-state index contributed by atoms with van der Waals surface area (Å²) in [6.45, 7) is 2.36. The maximum Gasteiger partial charge on any atom is 0.331 e. The predicted molar refractivity (Wildman–Crippen MR) is 111 cm³/mol. The Labute approximate surface area is 181 Å². The molecule has 10 nitrogen and oxygen atoms in total. The van der Waals surface area contributed by atoms with E-state index in [4.69, 9.17) is 4.42 Å². The summed E-state index contributed by atoms with van der Waals surface area (Å²) in [4.78, 5) is 40.8. The van der Waals surface area contributed by atoms with Gasteiger partial charge in [-0.15, -0.1) is 21.5 Å². The maximum absolute atomic E-state index is 13.0. The lowest BCUT2D eigenvalue weighted by Crippen LogP contribution is -2.46. The van der Waals surface area contributed by atoms with Gasteiger partial charge in [-0.05, 0) is 30.7 Å². The Morgan fingerprint density at radius 1 is 1.39 bits per heavy atom. The molecular formula is C20H20N6O4S. The van der Waals surface area contributed by atoms with Crippen molar-refractivity contribution in [1.82, 2.24) is 24.2 Å². The Balaban J connectivity index is 1.58. The number of rotatable bonds is 7. The van der Waals surface area contributed by atoms with Crippen molar-refractivity contribution >= 4 is 17.2 Å². The largest absolute Gasteiger partial charge is 0.418 e. The quantitative estimate of drug-likeness (QED) is 0.543. The molecular weight excluding hydrogens is 420 g/mol. The summed E-state index contributed by atoms with van der Waals surface area (Å²) in [5, 5.41) is 19.3. The molecule has 1 aliphatic rings. The van der Waals surface area contributed by atoms with Crippen LogP contribution in [-0.4, -0.2) is 36.7 Å². The van der Waals surface area contributed by atoms with E-state index in [0.717, 1.165) is 9.44 Å². The third-order valence-corrected chi connectivity index (χ3v) is 5.96. The number of hydrogen-bond donors (Lipinski definition) is 0. The van der Waals surface area contributed by atoms with Crippen LogP contribution in [0.3, 0.4) is 0 Å². The van der Waals surface area contributed by atoms with Crippen molar-refractivity contribution in [3.05, 3.63) is 55.5 Å². The minimum Gasteiger partial charge on any atom is -0.418 e. The highest BCUT2D eigenvalue weighted by atomic mass is 32.1. The molecule has 0 aliphatic carbocycles. The molecule has 31 heavy (non-hydrogen) atoms. The van der Waals surface area contributed by atoms with Gasteiger partial charge in [0.25, 0.3) is 11.4 Å². The number of carbonyl (C=O) groups excluding carboxylic acids is 1. The zero-order valence-corrected chi connectivity index (χ0v) is 17.7. The van der Waals surface area contributed by atoms with E-state index in [1.54, 1.807) is 0 Å². The molecule has 0 spiro atoms. The Hall–Kier alpha value is -3.52. The van der Waals surface area contributed by atoms with Gasteiger partial charge in [0, 0.05) is 18.8 Å². The Bertz CT molecular complexity index is 1260. The van der Waals surface area contributed by atoms with Gasteiger partial charge in [0.05, 0.1) is 11.4 Å². The lowest BCUT2D eigenvalue weighted by molar-refractivity contribution is -0.133. The van der Waals surface area contributed by atoms with E-state index in [-0.39, 0.29) is 18.0 Å². The first-order chi connectivity index (χ1) is 15.0. The molecule has 0 aromatic carbocycles. The van der Waals surface area contributed by atoms with Gasteiger partial charge in [-0.2, -0.15) is 5.26 Å². The molecule has 0 saturated carbocycles. The third-order valence-electron chi connectivity index (χ3n) is 5.11. The van der Waals surface area contributed by atoms with Crippen LogP contribution in [0.4, 0.5) is 0 Å². The van der Waals surface area contributed by atoms with Crippen LogP contribution < -0.4 is 11.2 Å². The van der Waals surface area contributed by atoms with Crippen molar-refractivity contribution in [1.29, 1.82) is 5.26 Å². The highest BCUT2D eigenvalue weighted by Crippen LogP contribution is 2.23. The van der Waals surface area contributed by atoms with E-state index < -0.39 is 23.7 Å². The summed E-state index contributed by atoms with van der Waals surface area (Å²) in [6.07, 6.45) is 1.86. The van der Waals surface area contributed by atoms with Gasteiger partial charge in [0.1, 0.15) is 18.2 Å². The second kappa shape index (κ2) is 8.69. The first kappa shape index (κ1) is 20.7. The fraction of sp³-hybridized carbons (Fsp3) is 0.400. The van der Waals surface area contributed by atoms with Crippen LogP contribution in [0.2, 0.25) is 0 Å². The number of nitriles is 1. The van der Waals surface area contributed by atoms with Crippen molar-refractivity contribution in [3.8, 4) is 16.8 Å². The molecule has 160 valence electrons. The molecule has 0 unspecified atom stereocenters. The molecule has 11 heteroatoms. The number of fused-ring (bicyclic) bond motifs is 1. The van der Waals surface area contributed by atoms with Crippen LogP contribution >= 0.6 is 11.3 Å². The minimum atomic E-state index is -0.719. The lowest BCUT2D eigenvalue weighted by Gasteiger charge is -2.21. The predicted octanol–water partition coefficient (Wildman–Crippen LogP) is 1.38. The van der Waals surface area contributed by atoms with E-state index in [9.17, 15) is 19.6 Å². The molecule has 0 fully saturated rings. The average molecular weight is 440 g/mol. The number of nitrogens with zero attached hydrogens (tertiary/aromatic N) is 6. The molecule has 0 atom stereocenters. The molecule has 0 bridgehead atoms. The Kier molecular flexibility index (Phi) is 5.81. The first-order valence-electron chi connectivity index (χ1n) is 9.94. The van der Waals surface area contributed by atoms with Gasteiger partial charge >= 0.3 is 5.69 Å². The molecule has 3 aromatic rings. The van der Waals surface area contributed by atoms with Crippen LogP contribution in [0.1, 0.15) is 36.9 Å². The first-order valence-corrected chi connectivity index (χ1v) is 10.8. The Morgan fingerprint density at radius 2 is 2.23 bits per heavy atom. The number of amides is 1. The third kappa shape index (κ3) is 3.94. The Morgan fingerprint density at radius 3 is 2.94 bits per heavy atom. The highest BCUT2D eigenvalue weighted by molar-refractivity contribution is 7.13. The van der Waals surface area contributed by atoms with Crippen molar-refractivity contribution in [2.24, 2.45) is 0 Å². The SMILES string of the molecule is CCCN(Cc1nnc(-c2cccs2)o1)C(=O)Cn1c(=O)c(C#N)c2n(c1=O)CCC2. The molecule has 0 saturated heterocycles. The fourth-order valence-electron chi connectivity index (χ4n) is 3.67. The summed E-state index contributed by atoms with van der Waals surface area (Å²) in [5.74, 6) is 0.209. The van der Waals surface area contributed by atoms with Crippen LogP contribution in [0.5, 0.6) is 0 Å². The topological polar surface area (TPSA) is 127 Å². The van der Waals surface area contributed by atoms with Crippen molar-refractivity contribution < 1.29 is 9.21 Å². The van der Waals surface area contributed by atoms with Crippen LogP contribution in [0.15, 0.2) is 31.5 Å². The standard InChI is InChI=1S/C20H20N6O4S/c1-2-7-24(11-16-22-23-18(30-16)15-6-4-9-31-15)17(27)12-26-19(28)13(10-21)14-5-3-8-25(14)20(26)29/h4,6,9H,2-3,5,7-8,11-12H2,1H3. The van der Waals surface area contributed by atoms with E-state index in [1.165, 1.54) is 20.8 Å². The molecule has 0 N–H and O–H groups in total. The summed E-state index contributed by atoms with van der Waals surface area (Å²) in [7, 11) is 0. The second-order valence-corrected chi connectivity index (χ2v) is 8.10. The second-order valence-electron chi connectivity index (χ2n) is 7.16. The highest BCUT2D eigenvalue weighted by Gasteiger charge is 2.25. The van der Waals surface area contributed by atoms with E-state index in [1.807, 2.05) is 30.5 Å². The zero-order valence-electron chi connectivity index (χ0n) is 16.9. The smallest absolute Gasteiger partial charge is 0.331 e. The average Bonchev–Trinajstić information content (AvgIpc) is 3.52. The van der Waals surface area contributed by atoms with Crippen LogP contribution in [0, 0.1) is 11.3 Å². The molecule has 4 heterocycles. The lowest BCUT2D eigenvalue weighted by atomic mass is 10.2. The number of carbonyl (C=O) groups is 1. The molecule has 3 aromatic heterocycles. The number of thiophene rings is 1. The van der Waals surface area contributed by atoms with Gasteiger partial charge in [0.15, 0.2) is 0 Å². The van der Waals surface area contributed by atoms with E-state index in [0.29, 0.717) is 43.9 Å². The maximum atomic E-state index is 13.0. The summed E-state index contributed by atoms with van der Waals surface area (Å²) in [5.41, 5.74) is -0.884. The van der Waals surface area contributed by atoms with Crippen LogP contribution in [0.25, 0.3) is 10.8 Å². The number of hydrogen-bond acceptors (Lipinski definition) is 8.